The van der Waals surface area contributed by atoms with Crippen molar-refractivity contribution in [2.75, 3.05) is 6.54 Å². The highest BCUT2D eigenvalue weighted by molar-refractivity contribution is 5.25. The predicted molar refractivity (Wildman–Crippen MR) is 60.6 cm³/mol. The van der Waals surface area contributed by atoms with Gasteiger partial charge in [0, 0.05) is 6.04 Å². The Morgan fingerprint density at radius 2 is 1.93 bits per heavy atom. The highest BCUT2D eigenvalue weighted by Crippen LogP contribution is 2.27. The van der Waals surface area contributed by atoms with E-state index in [9.17, 15) is 0 Å². The molecule has 1 aliphatic heterocycles. The van der Waals surface area contributed by atoms with Crippen molar-refractivity contribution < 1.29 is 0 Å². The maximum absolute atomic E-state index is 3.49. The van der Waals surface area contributed by atoms with Crippen molar-refractivity contribution in [2.24, 2.45) is 0 Å². The molecule has 1 heteroatoms. The quantitative estimate of drug-likeness (QED) is 0.716. The second kappa shape index (κ2) is 4.14. The van der Waals surface area contributed by atoms with Crippen LogP contribution in [0.15, 0.2) is 24.3 Å². The van der Waals surface area contributed by atoms with Gasteiger partial charge in [0.2, 0.25) is 0 Å². The highest BCUT2D eigenvalue weighted by Gasteiger charge is 2.19. The zero-order valence-electron chi connectivity index (χ0n) is 9.09. The average molecular weight is 189 g/mol. The lowest BCUT2D eigenvalue weighted by atomic mass is 9.87. The highest BCUT2D eigenvalue weighted by atomic mass is 14.9. The molecule has 1 fully saturated rings. The van der Waals surface area contributed by atoms with Crippen LogP contribution >= 0.6 is 0 Å². The molecule has 1 aromatic rings. The van der Waals surface area contributed by atoms with Crippen LogP contribution in [-0.2, 0) is 0 Å². The number of aryl methyl sites for hydroxylation is 1. The van der Waals surface area contributed by atoms with Gasteiger partial charge < -0.3 is 5.32 Å². The molecule has 76 valence electrons. The van der Waals surface area contributed by atoms with Crippen LogP contribution in [0.2, 0.25) is 0 Å². The van der Waals surface area contributed by atoms with Crippen LogP contribution < -0.4 is 5.32 Å². The summed E-state index contributed by atoms with van der Waals surface area (Å²) in [5, 5.41) is 3.49. The van der Waals surface area contributed by atoms with Crippen molar-refractivity contribution in [3.63, 3.8) is 0 Å². The molecule has 0 aromatic heterocycles. The minimum atomic E-state index is 0.676. The van der Waals surface area contributed by atoms with Crippen LogP contribution in [0.5, 0.6) is 0 Å². The zero-order valence-corrected chi connectivity index (χ0v) is 9.09. The van der Waals surface area contributed by atoms with Gasteiger partial charge in [0.15, 0.2) is 0 Å². The van der Waals surface area contributed by atoms with Crippen LogP contribution in [0.3, 0.4) is 0 Å². The van der Waals surface area contributed by atoms with E-state index in [0.29, 0.717) is 6.04 Å². The van der Waals surface area contributed by atoms with Crippen molar-refractivity contribution in [1.82, 2.24) is 5.32 Å². The van der Waals surface area contributed by atoms with Crippen LogP contribution in [-0.4, -0.2) is 12.6 Å². The fourth-order valence-electron chi connectivity index (χ4n) is 2.27. The summed E-state index contributed by atoms with van der Waals surface area (Å²) in [6.45, 7) is 5.59. The Kier molecular flexibility index (Phi) is 2.87. The molecule has 2 atom stereocenters. The average Bonchev–Trinajstić information content (AvgIpc) is 2.19. The third-order valence-electron chi connectivity index (χ3n) is 3.17. The molecule has 2 unspecified atom stereocenters. The molecule has 2 rings (SSSR count). The van der Waals surface area contributed by atoms with Crippen LogP contribution in [0.4, 0.5) is 0 Å². The van der Waals surface area contributed by atoms with E-state index in [-0.39, 0.29) is 0 Å². The lowest BCUT2D eigenvalue weighted by molar-refractivity contribution is 0.381. The fraction of sp³-hybridized carbons (Fsp3) is 0.538. The molecule has 1 saturated heterocycles. The third kappa shape index (κ3) is 2.16. The predicted octanol–water partition coefficient (Wildman–Crippen LogP) is 2.85. The standard InChI is InChI=1S/C13H19N/c1-10-3-5-12(6-4-10)13-7-8-14-11(2)9-13/h3-6,11,13-14H,7-9H2,1-2H3. The molecule has 0 spiro atoms. The molecule has 0 bridgehead atoms. The van der Waals surface area contributed by atoms with Gasteiger partial charge in [0.25, 0.3) is 0 Å². The van der Waals surface area contributed by atoms with Gasteiger partial charge >= 0.3 is 0 Å². The van der Waals surface area contributed by atoms with Crippen molar-refractivity contribution in [2.45, 2.75) is 38.6 Å². The maximum atomic E-state index is 3.49. The molecule has 0 amide bonds. The summed E-state index contributed by atoms with van der Waals surface area (Å²) < 4.78 is 0. The number of hydrogen-bond acceptors (Lipinski definition) is 1. The molecule has 1 N–H and O–H groups in total. The summed E-state index contributed by atoms with van der Waals surface area (Å²) >= 11 is 0. The lowest BCUT2D eigenvalue weighted by Crippen LogP contribution is -2.34. The Balaban J connectivity index is 2.10. The molecule has 0 aliphatic carbocycles. The number of benzene rings is 1. The SMILES string of the molecule is Cc1ccc(C2CCNC(C)C2)cc1. The van der Waals surface area contributed by atoms with E-state index in [1.54, 1.807) is 0 Å². The largest absolute Gasteiger partial charge is 0.314 e. The molecule has 0 radical (unpaired) electrons. The van der Waals surface area contributed by atoms with E-state index >= 15 is 0 Å². The molecule has 14 heavy (non-hydrogen) atoms. The maximum Gasteiger partial charge on any atom is 0.00445 e. The van der Waals surface area contributed by atoms with Gasteiger partial charge in [0.1, 0.15) is 0 Å². The summed E-state index contributed by atoms with van der Waals surface area (Å²) in [5.41, 5.74) is 2.87. The number of piperidine rings is 1. The van der Waals surface area contributed by atoms with Gasteiger partial charge in [-0.25, -0.2) is 0 Å². The van der Waals surface area contributed by atoms with Gasteiger partial charge in [0.05, 0.1) is 0 Å². The minimum absolute atomic E-state index is 0.676. The number of hydrogen-bond donors (Lipinski definition) is 1. The second-order valence-corrected chi connectivity index (χ2v) is 4.49. The van der Waals surface area contributed by atoms with Crippen molar-refractivity contribution >= 4 is 0 Å². The van der Waals surface area contributed by atoms with E-state index < -0.39 is 0 Å². The Hall–Kier alpha value is -0.820. The van der Waals surface area contributed by atoms with E-state index in [0.717, 1.165) is 5.92 Å². The van der Waals surface area contributed by atoms with Gasteiger partial charge in [-0.2, -0.15) is 0 Å². The Morgan fingerprint density at radius 1 is 1.21 bits per heavy atom. The summed E-state index contributed by atoms with van der Waals surface area (Å²) in [5.74, 6) is 0.770. The second-order valence-electron chi connectivity index (χ2n) is 4.49. The monoisotopic (exact) mass is 189 g/mol. The van der Waals surface area contributed by atoms with Crippen molar-refractivity contribution in [1.29, 1.82) is 0 Å². The summed E-state index contributed by atoms with van der Waals surface area (Å²) in [6.07, 6.45) is 2.57. The molecule has 1 nitrogen and oxygen atoms in total. The third-order valence-corrected chi connectivity index (χ3v) is 3.17. The molecule has 1 aromatic carbocycles. The smallest absolute Gasteiger partial charge is 0.00445 e. The van der Waals surface area contributed by atoms with Crippen LogP contribution in [0.25, 0.3) is 0 Å². The minimum Gasteiger partial charge on any atom is -0.314 e. The Labute approximate surface area is 86.5 Å². The summed E-state index contributed by atoms with van der Waals surface area (Å²) in [6, 6.07) is 9.70. The van der Waals surface area contributed by atoms with E-state index in [4.69, 9.17) is 0 Å². The van der Waals surface area contributed by atoms with Crippen molar-refractivity contribution in [3.8, 4) is 0 Å². The number of rotatable bonds is 1. The van der Waals surface area contributed by atoms with E-state index in [2.05, 4.69) is 43.4 Å². The van der Waals surface area contributed by atoms with Crippen LogP contribution in [0, 0.1) is 6.92 Å². The zero-order chi connectivity index (χ0) is 9.97. The first-order chi connectivity index (χ1) is 6.75. The molecule has 1 aliphatic rings. The van der Waals surface area contributed by atoms with Crippen molar-refractivity contribution in [3.05, 3.63) is 35.4 Å². The summed E-state index contributed by atoms with van der Waals surface area (Å²) in [7, 11) is 0. The van der Waals surface area contributed by atoms with E-state index in [1.165, 1.54) is 30.5 Å². The van der Waals surface area contributed by atoms with E-state index in [1.807, 2.05) is 0 Å². The first kappa shape index (κ1) is 9.72. The van der Waals surface area contributed by atoms with Gasteiger partial charge in [-0.1, -0.05) is 29.8 Å². The fourth-order valence-corrected chi connectivity index (χ4v) is 2.27. The first-order valence-corrected chi connectivity index (χ1v) is 5.55. The van der Waals surface area contributed by atoms with Crippen LogP contribution in [0.1, 0.15) is 36.8 Å². The Morgan fingerprint density at radius 3 is 2.57 bits per heavy atom. The molecule has 0 saturated carbocycles. The topological polar surface area (TPSA) is 12.0 Å². The molecular formula is C13H19N. The molecule has 1 heterocycles. The molecular weight excluding hydrogens is 170 g/mol. The number of nitrogens with one attached hydrogen (secondary N) is 1. The van der Waals surface area contributed by atoms with Gasteiger partial charge in [-0.3, -0.25) is 0 Å². The van der Waals surface area contributed by atoms with Gasteiger partial charge in [-0.15, -0.1) is 0 Å². The Bertz CT molecular complexity index is 289. The lowest BCUT2D eigenvalue weighted by Gasteiger charge is -2.28. The first-order valence-electron chi connectivity index (χ1n) is 5.55. The van der Waals surface area contributed by atoms with Gasteiger partial charge in [-0.05, 0) is 44.7 Å². The normalized spacial score (nSPS) is 27.6. The summed E-state index contributed by atoms with van der Waals surface area (Å²) in [4.78, 5) is 0.